The van der Waals surface area contributed by atoms with Crippen molar-refractivity contribution in [2.75, 3.05) is 6.54 Å². The number of aromatic nitrogens is 2. The highest BCUT2D eigenvalue weighted by Gasteiger charge is 2.15. The summed E-state index contributed by atoms with van der Waals surface area (Å²) in [5.74, 6) is 0.247. The van der Waals surface area contributed by atoms with Crippen molar-refractivity contribution in [3.8, 4) is 0 Å². The predicted octanol–water partition coefficient (Wildman–Crippen LogP) is 2.54. The molecule has 126 valence electrons. The zero-order valence-corrected chi connectivity index (χ0v) is 14.3. The lowest BCUT2D eigenvalue weighted by Crippen LogP contribution is -2.26. The van der Waals surface area contributed by atoms with Crippen molar-refractivity contribution in [2.24, 2.45) is 7.05 Å². The second-order valence-electron chi connectivity index (χ2n) is 5.66. The summed E-state index contributed by atoms with van der Waals surface area (Å²) in [6.07, 6.45) is 0.371. The summed E-state index contributed by atoms with van der Waals surface area (Å²) in [7, 11) is -1.77. The zero-order valence-electron chi connectivity index (χ0n) is 13.5. The van der Waals surface area contributed by atoms with Crippen LogP contribution in [-0.4, -0.2) is 24.5 Å². The molecule has 0 saturated carbocycles. The van der Waals surface area contributed by atoms with Crippen molar-refractivity contribution in [1.29, 1.82) is 0 Å². The van der Waals surface area contributed by atoms with Gasteiger partial charge in [-0.15, -0.1) is 0 Å². The minimum absolute atomic E-state index is 0.189. The van der Waals surface area contributed by atoms with E-state index >= 15 is 0 Å². The van der Waals surface area contributed by atoms with Crippen LogP contribution in [0, 0.1) is 12.7 Å². The van der Waals surface area contributed by atoms with Gasteiger partial charge in [-0.05, 0) is 31.2 Å². The van der Waals surface area contributed by atoms with E-state index in [2.05, 4.69) is 9.71 Å². The average molecular weight is 347 g/mol. The normalized spacial score (nSPS) is 12.0. The maximum atomic E-state index is 13.8. The third kappa shape index (κ3) is 3.18. The number of nitrogens with one attached hydrogen (secondary N) is 1. The van der Waals surface area contributed by atoms with E-state index in [1.54, 1.807) is 48.0 Å². The van der Waals surface area contributed by atoms with E-state index in [-0.39, 0.29) is 17.3 Å². The van der Waals surface area contributed by atoms with Crippen molar-refractivity contribution >= 4 is 21.1 Å². The summed E-state index contributed by atoms with van der Waals surface area (Å²) in [6, 6.07) is 11.4. The Hall–Kier alpha value is -2.25. The molecule has 3 aromatic rings. The van der Waals surface area contributed by atoms with E-state index in [0.717, 1.165) is 5.56 Å². The monoisotopic (exact) mass is 347 g/mol. The van der Waals surface area contributed by atoms with Crippen LogP contribution >= 0.6 is 0 Å². The molecule has 0 unspecified atom stereocenters. The van der Waals surface area contributed by atoms with Gasteiger partial charge in [0.05, 0.1) is 10.4 Å². The number of hydrogen-bond acceptors (Lipinski definition) is 3. The fourth-order valence-corrected chi connectivity index (χ4v) is 3.58. The number of fused-ring (bicyclic) bond motifs is 1. The Labute approximate surface area is 140 Å². The second-order valence-corrected chi connectivity index (χ2v) is 7.42. The van der Waals surface area contributed by atoms with Gasteiger partial charge in [-0.3, -0.25) is 0 Å². The lowest BCUT2D eigenvalue weighted by atomic mass is 10.2. The van der Waals surface area contributed by atoms with Crippen LogP contribution in [0.25, 0.3) is 11.0 Å². The molecule has 5 nitrogen and oxygen atoms in total. The van der Waals surface area contributed by atoms with Crippen molar-refractivity contribution in [3.63, 3.8) is 0 Å². The molecule has 0 amide bonds. The molecule has 24 heavy (non-hydrogen) atoms. The molecule has 0 fully saturated rings. The largest absolute Gasteiger partial charge is 0.331 e. The molecule has 0 atom stereocenters. The Bertz CT molecular complexity index is 979. The Morgan fingerprint density at radius 2 is 1.88 bits per heavy atom. The van der Waals surface area contributed by atoms with E-state index in [1.807, 2.05) is 6.92 Å². The molecule has 0 aliphatic heterocycles. The van der Waals surface area contributed by atoms with Crippen molar-refractivity contribution in [1.82, 2.24) is 14.3 Å². The molecule has 0 aliphatic rings. The van der Waals surface area contributed by atoms with E-state index in [1.165, 1.54) is 6.07 Å². The van der Waals surface area contributed by atoms with Gasteiger partial charge in [-0.2, -0.15) is 0 Å². The summed E-state index contributed by atoms with van der Waals surface area (Å²) < 4.78 is 42.6. The Morgan fingerprint density at radius 1 is 1.17 bits per heavy atom. The SMILES string of the molecule is Cc1ccc(S(=O)(=O)NCCc2nc3c(F)cccc3n2C)cc1. The van der Waals surface area contributed by atoms with Gasteiger partial charge in [0.25, 0.3) is 0 Å². The first kappa shape index (κ1) is 16.6. The average Bonchev–Trinajstić information content (AvgIpc) is 2.86. The number of benzene rings is 2. The summed E-state index contributed by atoms with van der Waals surface area (Å²) >= 11 is 0. The fraction of sp³-hybridized carbons (Fsp3) is 0.235. The van der Waals surface area contributed by atoms with Crippen LogP contribution in [0.15, 0.2) is 47.4 Å². The first-order chi connectivity index (χ1) is 11.4. The summed E-state index contributed by atoms with van der Waals surface area (Å²) in [5, 5.41) is 0. The van der Waals surface area contributed by atoms with E-state index in [0.29, 0.717) is 23.3 Å². The molecule has 0 radical (unpaired) electrons. The highest BCUT2D eigenvalue weighted by atomic mass is 32.2. The van der Waals surface area contributed by atoms with Gasteiger partial charge in [-0.1, -0.05) is 23.8 Å². The second kappa shape index (κ2) is 6.33. The molecule has 7 heteroatoms. The van der Waals surface area contributed by atoms with E-state index < -0.39 is 10.0 Å². The van der Waals surface area contributed by atoms with Crippen LogP contribution in [0.2, 0.25) is 0 Å². The first-order valence-corrected chi connectivity index (χ1v) is 9.03. The lowest BCUT2D eigenvalue weighted by molar-refractivity contribution is 0.580. The number of para-hydroxylation sites is 1. The molecule has 1 N–H and O–H groups in total. The number of hydrogen-bond donors (Lipinski definition) is 1. The van der Waals surface area contributed by atoms with Crippen LogP contribution in [0.1, 0.15) is 11.4 Å². The summed E-state index contributed by atoms with van der Waals surface area (Å²) in [4.78, 5) is 4.49. The standard InChI is InChI=1S/C17H18FN3O2S/c1-12-6-8-13(9-7-12)24(22,23)19-11-10-16-20-17-14(18)4-3-5-15(17)21(16)2/h3-9,19H,10-11H2,1-2H3. The first-order valence-electron chi connectivity index (χ1n) is 7.54. The maximum absolute atomic E-state index is 13.8. The molecule has 2 aromatic carbocycles. The Balaban J connectivity index is 1.73. The molecular formula is C17H18FN3O2S. The summed E-state index contributed by atoms with van der Waals surface area (Å²) in [6.45, 7) is 2.09. The van der Waals surface area contributed by atoms with Gasteiger partial charge in [0, 0.05) is 20.0 Å². The number of rotatable bonds is 5. The molecule has 0 saturated heterocycles. The van der Waals surface area contributed by atoms with Crippen LogP contribution < -0.4 is 4.72 Å². The fourth-order valence-electron chi connectivity index (χ4n) is 2.55. The van der Waals surface area contributed by atoms with Crippen molar-refractivity contribution in [3.05, 3.63) is 59.7 Å². The van der Waals surface area contributed by atoms with Gasteiger partial charge >= 0.3 is 0 Å². The molecule has 1 aromatic heterocycles. The topological polar surface area (TPSA) is 64.0 Å². The number of halogens is 1. The van der Waals surface area contributed by atoms with E-state index in [4.69, 9.17) is 0 Å². The van der Waals surface area contributed by atoms with Crippen LogP contribution in [0.5, 0.6) is 0 Å². The molecule has 0 aliphatic carbocycles. The van der Waals surface area contributed by atoms with Crippen molar-refractivity contribution < 1.29 is 12.8 Å². The predicted molar refractivity (Wildman–Crippen MR) is 90.7 cm³/mol. The van der Waals surface area contributed by atoms with Gasteiger partial charge in [0.2, 0.25) is 10.0 Å². The third-order valence-electron chi connectivity index (χ3n) is 3.93. The highest BCUT2D eigenvalue weighted by Crippen LogP contribution is 2.18. The van der Waals surface area contributed by atoms with E-state index in [9.17, 15) is 12.8 Å². The minimum Gasteiger partial charge on any atom is -0.331 e. The quantitative estimate of drug-likeness (QED) is 0.771. The molecule has 3 rings (SSSR count). The molecular weight excluding hydrogens is 329 g/mol. The number of sulfonamides is 1. The van der Waals surface area contributed by atoms with Crippen LogP contribution in [0.3, 0.4) is 0 Å². The third-order valence-corrected chi connectivity index (χ3v) is 5.40. The maximum Gasteiger partial charge on any atom is 0.240 e. The smallest absolute Gasteiger partial charge is 0.240 e. The number of aryl methyl sites for hydroxylation is 2. The molecule has 0 bridgehead atoms. The lowest BCUT2D eigenvalue weighted by Gasteiger charge is -2.07. The highest BCUT2D eigenvalue weighted by molar-refractivity contribution is 7.89. The Kier molecular flexibility index (Phi) is 4.38. The minimum atomic E-state index is -3.56. The van der Waals surface area contributed by atoms with Gasteiger partial charge < -0.3 is 4.57 Å². The molecule has 1 heterocycles. The van der Waals surface area contributed by atoms with Gasteiger partial charge in [0.1, 0.15) is 11.3 Å². The van der Waals surface area contributed by atoms with Gasteiger partial charge in [0.15, 0.2) is 5.82 Å². The summed E-state index contributed by atoms with van der Waals surface area (Å²) in [5.41, 5.74) is 1.98. The zero-order chi connectivity index (χ0) is 17.3. The van der Waals surface area contributed by atoms with Crippen molar-refractivity contribution in [2.45, 2.75) is 18.2 Å². The van der Waals surface area contributed by atoms with Crippen LogP contribution in [-0.2, 0) is 23.5 Å². The number of imidazole rings is 1. The van der Waals surface area contributed by atoms with Crippen LogP contribution in [0.4, 0.5) is 4.39 Å². The molecule has 0 spiro atoms. The number of nitrogens with zero attached hydrogens (tertiary/aromatic N) is 2. The Morgan fingerprint density at radius 3 is 2.54 bits per heavy atom. The van der Waals surface area contributed by atoms with Gasteiger partial charge in [-0.25, -0.2) is 22.5 Å².